The maximum Gasteiger partial charge on any atom is 0.0991 e. The number of nitrogens with zero attached hydrogens (tertiary/aromatic N) is 1. The molecule has 0 aliphatic heterocycles. The molecule has 0 heterocycles. The zero-order valence-corrected chi connectivity index (χ0v) is 13.3. The Labute approximate surface area is 133 Å². The Kier molecular flexibility index (Phi) is 4.38. The third-order valence-corrected chi connectivity index (χ3v) is 4.63. The van der Waals surface area contributed by atoms with Gasteiger partial charge < -0.3 is 5.32 Å². The van der Waals surface area contributed by atoms with E-state index in [9.17, 15) is 0 Å². The second kappa shape index (κ2) is 6.43. The second-order valence-corrected chi connectivity index (χ2v) is 6.53. The first-order valence-electron chi connectivity index (χ1n) is 7.22. The van der Waals surface area contributed by atoms with Crippen LogP contribution < -0.4 is 5.32 Å². The van der Waals surface area contributed by atoms with Crippen LogP contribution in [0.15, 0.2) is 53.0 Å². The highest BCUT2D eigenvalue weighted by Crippen LogP contribution is 2.37. The van der Waals surface area contributed by atoms with Crippen molar-refractivity contribution in [1.29, 1.82) is 5.26 Å². The Hall–Kier alpha value is -1.63. The highest BCUT2D eigenvalue weighted by Gasteiger charge is 2.29. The summed E-state index contributed by atoms with van der Waals surface area (Å²) in [5.41, 5.74) is 3.39. The monoisotopic (exact) mass is 340 g/mol. The van der Waals surface area contributed by atoms with Crippen LogP contribution >= 0.6 is 15.9 Å². The van der Waals surface area contributed by atoms with Crippen molar-refractivity contribution < 1.29 is 0 Å². The normalized spacial score (nSPS) is 20.6. The summed E-state index contributed by atoms with van der Waals surface area (Å²) < 4.78 is 1.16. The molecule has 0 atom stereocenters. The van der Waals surface area contributed by atoms with Crippen molar-refractivity contribution in [3.05, 3.63) is 69.7 Å². The summed E-state index contributed by atoms with van der Waals surface area (Å²) in [6, 6.07) is 19.2. The number of benzene rings is 2. The Morgan fingerprint density at radius 3 is 2.57 bits per heavy atom. The number of rotatable bonds is 4. The van der Waals surface area contributed by atoms with Crippen molar-refractivity contribution in [2.75, 3.05) is 0 Å². The molecule has 0 bridgehead atoms. The molecule has 21 heavy (non-hydrogen) atoms. The van der Waals surface area contributed by atoms with E-state index in [0.717, 1.165) is 16.6 Å². The van der Waals surface area contributed by atoms with Crippen LogP contribution in [0.5, 0.6) is 0 Å². The lowest BCUT2D eigenvalue weighted by molar-refractivity contribution is 0.289. The molecule has 1 fully saturated rings. The molecule has 2 nitrogen and oxygen atoms in total. The van der Waals surface area contributed by atoms with Gasteiger partial charge in [0.2, 0.25) is 0 Å². The van der Waals surface area contributed by atoms with E-state index in [1.165, 1.54) is 24.0 Å². The summed E-state index contributed by atoms with van der Waals surface area (Å²) in [5.74, 6) is 0.681. The van der Waals surface area contributed by atoms with Crippen LogP contribution in [0.3, 0.4) is 0 Å². The van der Waals surface area contributed by atoms with Crippen LogP contribution in [0.25, 0.3) is 0 Å². The summed E-state index contributed by atoms with van der Waals surface area (Å²) in [5, 5.41) is 12.4. The lowest BCUT2D eigenvalue weighted by atomic mass is 9.76. The molecule has 1 N–H and O–H groups in total. The Morgan fingerprint density at radius 2 is 1.90 bits per heavy atom. The van der Waals surface area contributed by atoms with Gasteiger partial charge in [-0.1, -0.05) is 40.2 Å². The average molecular weight is 341 g/mol. The molecule has 0 unspecified atom stereocenters. The minimum Gasteiger partial charge on any atom is -0.310 e. The largest absolute Gasteiger partial charge is 0.310 e. The van der Waals surface area contributed by atoms with E-state index >= 15 is 0 Å². The number of nitriles is 1. The highest BCUT2D eigenvalue weighted by molar-refractivity contribution is 9.10. The van der Waals surface area contributed by atoms with Gasteiger partial charge in [-0.25, -0.2) is 0 Å². The van der Waals surface area contributed by atoms with Gasteiger partial charge in [0.05, 0.1) is 11.6 Å². The van der Waals surface area contributed by atoms with Gasteiger partial charge in [0.1, 0.15) is 0 Å². The number of halogens is 1. The smallest absolute Gasteiger partial charge is 0.0991 e. The number of hydrogen-bond donors (Lipinski definition) is 1. The molecule has 2 aromatic rings. The van der Waals surface area contributed by atoms with Crippen LogP contribution in [-0.2, 0) is 6.54 Å². The first-order valence-corrected chi connectivity index (χ1v) is 8.02. The zero-order chi connectivity index (χ0) is 14.7. The minimum atomic E-state index is 0.602. The predicted octanol–water partition coefficient (Wildman–Crippen LogP) is 4.36. The van der Waals surface area contributed by atoms with Crippen molar-refractivity contribution >= 4 is 15.9 Å². The van der Waals surface area contributed by atoms with E-state index in [4.69, 9.17) is 5.26 Å². The summed E-state index contributed by atoms with van der Waals surface area (Å²) in [6.45, 7) is 0.877. The van der Waals surface area contributed by atoms with Gasteiger partial charge in [-0.3, -0.25) is 0 Å². The fraction of sp³-hybridized carbons (Fsp3) is 0.278. The molecule has 3 rings (SSSR count). The number of hydrogen-bond acceptors (Lipinski definition) is 2. The average Bonchev–Trinajstić information content (AvgIpc) is 2.46. The van der Waals surface area contributed by atoms with Crippen molar-refractivity contribution in [2.45, 2.75) is 31.3 Å². The van der Waals surface area contributed by atoms with Crippen LogP contribution in [0.1, 0.15) is 35.4 Å². The molecule has 2 aromatic carbocycles. The Bertz CT molecular complexity index is 652. The third kappa shape index (κ3) is 3.53. The maximum atomic E-state index is 8.78. The van der Waals surface area contributed by atoms with Gasteiger partial charge in [-0.2, -0.15) is 5.26 Å². The summed E-state index contributed by atoms with van der Waals surface area (Å²) in [7, 11) is 0. The van der Waals surface area contributed by atoms with Crippen LogP contribution in [0.2, 0.25) is 0 Å². The van der Waals surface area contributed by atoms with Gasteiger partial charge in [0.25, 0.3) is 0 Å². The molecule has 0 spiro atoms. The third-order valence-electron chi connectivity index (χ3n) is 4.14. The zero-order valence-electron chi connectivity index (χ0n) is 11.7. The first kappa shape index (κ1) is 14.3. The fourth-order valence-electron chi connectivity index (χ4n) is 2.78. The van der Waals surface area contributed by atoms with Gasteiger partial charge in [-0.05, 0) is 54.2 Å². The molecule has 0 amide bonds. The molecular weight excluding hydrogens is 324 g/mol. The summed E-state index contributed by atoms with van der Waals surface area (Å²) >= 11 is 3.53. The van der Waals surface area contributed by atoms with Crippen LogP contribution in [0, 0.1) is 11.3 Å². The van der Waals surface area contributed by atoms with Gasteiger partial charge >= 0.3 is 0 Å². The van der Waals surface area contributed by atoms with E-state index in [-0.39, 0.29) is 0 Å². The molecule has 0 saturated heterocycles. The lowest BCUT2D eigenvalue weighted by Crippen LogP contribution is -2.39. The predicted molar refractivity (Wildman–Crippen MR) is 87.9 cm³/mol. The van der Waals surface area contributed by atoms with Crippen molar-refractivity contribution in [2.24, 2.45) is 0 Å². The SMILES string of the molecule is N#Cc1ccc(CNC2CC(c3cccc(Br)c3)C2)cc1. The second-order valence-electron chi connectivity index (χ2n) is 5.61. The molecule has 3 heteroatoms. The van der Waals surface area contributed by atoms with Gasteiger partial charge in [0, 0.05) is 17.1 Å². The quantitative estimate of drug-likeness (QED) is 0.897. The first-order chi connectivity index (χ1) is 10.2. The Balaban J connectivity index is 1.47. The fourth-order valence-corrected chi connectivity index (χ4v) is 3.19. The molecule has 1 aliphatic carbocycles. The van der Waals surface area contributed by atoms with E-state index in [1.54, 1.807) is 0 Å². The standard InChI is InChI=1S/C18H17BrN2/c19-17-3-1-2-15(8-17)16-9-18(10-16)21-12-14-6-4-13(11-20)5-7-14/h1-8,16,18,21H,9-10,12H2. The minimum absolute atomic E-state index is 0.602. The van der Waals surface area contributed by atoms with Gasteiger partial charge in [-0.15, -0.1) is 0 Å². The summed E-state index contributed by atoms with van der Waals surface area (Å²) in [6.07, 6.45) is 2.40. The lowest BCUT2D eigenvalue weighted by Gasteiger charge is -2.36. The van der Waals surface area contributed by atoms with E-state index < -0.39 is 0 Å². The number of nitrogens with one attached hydrogen (secondary N) is 1. The van der Waals surface area contributed by atoms with Gasteiger partial charge in [0.15, 0.2) is 0 Å². The molecule has 106 valence electrons. The van der Waals surface area contributed by atoms with Crippen molar-refractivity contribution in [3.63, 3.8) is 0 Å². The topological polar surface area (TPSA) is 35.8 Å². The summed E-state index contributed by atoms with van der Waals surface area (Å²) in [4.78, 5) is 0. The molecule has 1 aliphatic rings. The van der Waals surface area contributed by atoms with Crippen LogP contribution in [0.4, 0.5) is 0 Å². The van der Waals surface area contributed by atoms with E-state index in [1.807, 2.05) is 24.3 Å². The maximum absolute atomic E-state index is 8.78. The van der Waals surface area contributed by atoms with Crippen molar-refractivity contribution in [1.82, 2.24) is 5.32 Å². The molecule has 0 radical (unpaired) electrons. The Morgan fingerprint density at radius 1 is 1.14 bits per heavy atom. The van der Waals surface area contributed by atoms with Crippen LogP contribution in [-0.4, -0.2) is 6.04 Å². The molecule has 1 saturated carbocycles. The molecule has 0 aromatic heterocycles. The molecular formula is C18H17BrN2. The highest BCUT2D eigenvalue weighted by atomic mass is 79.9. The van der Waals surface area contributed by atoms with Crippen molar-refractivity contribution in [3.8, 4) is 6.07 Å². The van der Waals surface area contributed by atoms with E-state index in [0.29, 0.717) is 12.0 Å². The van der Waals surface area contributed by atoms with E-state index in [2.05, 4.69) is 51.6 Å².